The number of carbonyl (C=O) groups is 3. The Morgan fingerprint density at radius 2 is 0.513 bits per heavy atom. The topological polar surface area (TPSA) is 78.9 Å². The number of carbonyl (C=O) groups excluding carboxylic acids is 3. The van der Waals surface area contributed by atoms with Crippen LogP contribution in [-0.4, -0.2) is 37.2 Å². The summed E-state index contributed by atoms with van der Waals surface area (Å²) < 4.78 is 16.8. The third kappa shape index (κ3) is 60.9. The van der Waals surface area contributed by atoms with Gasteiger partial charge in [0.05, 0.1) is 0 Å². The SMILES string of the molecule is CC/C=C\C/C=C\C/C=C\C/C=C\C/C=C\CCCCCCCCCC(=O)OC(COC(=O)CCCCCCCC)COC(=O)CCCCCCCCCCCCCCCCCC/C=C\C/C=C\C/C=C\C/C=C\CC. The van der Waals surface area contributed by atoms with E-state index in [9.17, 15) is 14.4 Å². The summed E-state index contributed by atoms with van der Waals surface area (Å²) in [6, 6.07) is 0. The van der Waals surface area contributed by atoms with E-state index in [0.717, 1.165) is 122 Å². The molecule has 0 aromatic carbocycles. The standard InChI is InChI=1S/C70H118O6/c1-4-7-10-13-16-18-20-22-24-26-28-30-32-33-34-35-36-37-39-40-42-44-46-48-50-52-54-57-60-63-69(72)75-66-67(65-74-68(71)62-59-56-15-12-9-6-3)76-70(73)64-61-58-55-53-51-49-47-45-43-41-38-31-29-27-25-23-21-19-17-14-11-8-5-2/h7-8,10-11,16-19,22-25,28-31,41,43,67H,4-6,9,12-15,20-21,26-27,32-40,42,44-66H2,1-3H3/b10-7-,11-8-,18-16-,19-17-,24-22-,25-23-,30-28-,31-29-,43-41-. The highest BCUT2D eigenvalue weighted by Gasteiger charge is 2.19. The summed E-state index contributed by atoms with van der Waals surface area (Å²) >= 11 is 0. The van der Waals surface area contributed by atoms with E-state index in [-0.39, 0.29) is 31.1 Å². The first kappa shape index (κ1) is 72.1. The van der Waals surface area contributed by atoms with Gasteiger partial charge in [0, 0.05) is 19.3 Å². The van der Waals surface area contributed by atoms with Gasteiger partial charge < -0.3 is 14.2 Å². The fourth-order valence-electron chi connectivity index (χ4n) is 8.81. The maximum Gasteiger partial charge on any atom is 0.306 e. The number of ether oxygens (including phenoxy) is 3. The van der Waals surface area contributed by atoms with Crippen LogP contribution in [-0.2, 0) is 28.6 Å². The molecule has 0 saturated heterocycles. The molecule has 434 valence electrons. The molecule has 6 nitrogen and oxygen atoms in total. The van der Waals surface area contributed by atoms with Crippen LogP contribution in [0.25, 0.3) is 0 Å². The largest absolute Gasteiger partial charge is 0.462 e. The number of hydrogen-bond acceptors (Lipinski definition) is 6. The van der Waals surface area contributed by atoms with Crippen LogP contribution in [0.3, 0.4) is 0 Å². The molecule has 0 N–H and O–H groups in total. The Kier molecular flexibility index (Phi) is 60.3. The first-order valence-electron chi connectivity index (χ1n) is 31.9. The normalized spacial score (nSPS) is 12.8. The van der Waals surface area contributed by atoms with E-state index in [2.05, 4.69) is 130 Å². The summed E-state index contributed by atoms with van der Waals surface area (Å²) in [5.74, 6) is -0.895. The van der Waals surface area contributed by atoms with Gasteiger partial charge in [0.2, 0.25) is 0 Å². The summed E-state index contributed by atoms with van der Waals surface area (Å²) in [5, 5.41) is 0. The molecule has 1 unspecified atom stereocenters. The van der Waals surface area contributed by atoms with E-state index in [1.54, 1.807) is 0 Å². The van der Waals surface area contributed by atoms with Crippen molar-refractivity contribution in [3.8, 4) is 0 Å². The third-order valence-corrected chi connectivity index (χ3v) is 13.5. The van der Waals surface area contributed by atoms with Crippen LogP contribution in [0.2, 0.25) is 0 Å². The third-order valence-electron chi connectivity index (χ3n) is 13.5. The summed E-state index contributed by atoms with van der Waals surface area (Å²) in [6.07, 6.45) is 87.0. The summed E-state index contributed by atoms with van der Waals surface area (Å²) in [7, 11) is 0. The minimum Gasteiger partial charge on any atom is -0.462 e. The molecule has 0 spiro atoms. The van der Waals surface area contributed by atoms with Gasteiger partial charge in [0.1, 0.15) is 13.2 Å². The first-order valence-corrected chi connectivity index (χ1v) is 31.9. The Morgan fingerprint density at radius 1 is 0.276 bits per heavy atom. The molecular formula is C70H118O6. The van der Waals surface area contributed by atoms with Gasteiger partial charge in [0.15, 0.2) is 6.10 Å². The monoisotopic (exact) mass is 1050 g/mol. The van der Waals surface area contributed by atoms with Crippen molar-refractivity contribution in [3.05, 3.63) is 109 Å². The molecule has 0 aliphatic carbocycles. The maximum absolute atomic E-state index is 12.8. The van der Waals surface area contributed by atoms with Gasteiger partial charge >= 0.3 is 17.9 Å². The average Bonchev–Trinajstić information content (AvgIpc) is 3.42. The minimum atomic E-state index is -0.782. The summed E-state index contributed by atoms with van der Waals surface area (Å²) in [6.45, 7) is 6.36. The van der Waals surface area contributed by atoms with Crippen molar-refractivity contribution in [2.24, 2.45) is 0 Å². The van der Waals surface area contributed by atoms with E-state index in [1.807, 2.05) is 0 Å². The lowest BCUT2D eigenvalue weighted by Gasteiger charge is -2.18. The van der Waals surface area contributed by atoms with Crippen LogP contribution < -0.4 is 0 Å². The Balaban J connectivity index is 4.09. The molecule has 0 heterocycles. The smallest absolute Gasteiger partial charge is 0.306 e. The molecule has 1 atom stereocenters. The molecule has 76 heavy (non-hydrogen) atoms. The van der Waals surface area contributed by atoms with Gasteiger partial charge in [0.25, 0.3) is 0 Å². The molecule has 0 bridgehead atoms. The Bertz CT molecular complexity index is 1540. The predicted molar refractivity (Wildman–Crippen MR) is 330 cm³/mol. The quantitative estimate of drug-likeness (QED) is 0.0261. The highest BCUT2D eigenvalue weighted by molar-refractivity contribution is 5.71. The first-order chi connectivity index (χ1) is 37.5. The molecule has 6 heteroatoms. The van der Waals surface area contributed by atoms with Crippen molar-refractivity contribution in [1.29, 1.82) is 0 Å². The van der Waals surface area contributed by atoms with Gasteiger partial charge in [-0.15, -0.1) is 0 Å². The van der Waals surface area contributed by atoms with Gasteiger partial charge in [-0.3, -0.25) is 14.4 Å². The van der Waals surface area contributed by atoms with Gasteiger partial charge in [-0.1, -0.05) is 284 Å². The zero-order chi connectivity index (χ0) is 55.0. The van der Waals surface area contributed by atoms with E-state index in [1.165, 1.54) is 135 Å². The average molecular weight is 1060 g/mol. The Labute approximate surface area is 470 Å². The van der Waals surface area contributed by atoms with Gasteiger partial charge in [-0.05, 0) is 103 Å². The van der Waals surface area contributed by atoms with Crippen LogP contribution in [0.1, 0.15) is 297 Å². The fourth-order valence-corrected chi connectivity index (χ4v) is 8.81. The molecule has 0 amide bonds. The van der Waals surface area contributed by atoms with Crippen molar-refractivity contribution in [2.45, 2.75) is 303 Å². The molecule has 0 aromatic heterocycles. The number of hydrogen-bond donors (Lipinski definition) is 0. The highest BCUT2D eigenvalue weighted by atomic mass is 16.6. The Morgan fingerprint density at radius 3 is 0.803 bits per heavy atom. The lowest BCUT2D eigenvalue weighted by atomic mass is 10.0. The van der Waals surface area contributed by atoms with Crippen LogP contribution >= 0.6 is 0 Å². The Hall–Kier alpha value is -3.93. The molecule has 0 aliphatic rings. The van der Waals surface area contributed by atoms with Crippen molar-refractivity contribution in [1.82, 2.24) is 0 Å². The van der Waals surface area contributed by atoms with Gasteiger partial charge in [-0.2, -0.15) is 0 Å². The fraction of sp³-hybridized carbons (Fsp3) is 0.700. The number of allylic oxidation sites excluding steroid dienone is 18. The lowest BCUT2D eigenvalue weighted by molar-refractivity contribution is -0.167. The second-order valence-electron chi connectivity index (χ2n) is 20.9. The highest BCUT2D eigenvalue weighted by Crippen LogP contribution is 2.16. The van der Waals surface area contributed by atoms with Crippen LogP contribution in [0.15, 0.2) is 109 Å². The summed E-state index contributed by atoms with van der Waals surface area (Å²) in [5.41, 5.74) is 0. The zero-order valence-corrected chi connectivity index (χ0v) is 49.7. The second kappa shape index (κ2) is 63.6. The molecule has 0 fully saturated rings. The molecule has 0 aliphatic heterocycles. The number of esters is 3. The van der Waals surface area contributed by atoms with Crippen LogP contribution in [0, 0.1) is 0 Å². The predicted octanol–water partition coefficient (Wildman–Crippen LogP) is 21.8. The molecular weight excluding hydrogens is 937 g/mol. The van der Waals surface area contributed by atoms with Crippen molar-refractivity contribution < 1.29 is 28.6 Å². The minimum absolute atomic E-state index is 0.0811. The van der Waals surface area contributed by atoms with E-state index >= 15 is 0 Å². The zero-order valence-electron chi connectivity index (χ0n) is 49.7. The number of unbranched alkanes of at least 4 members (excludes halogenated alkanes) is 28. The van der Waals surface area contributed by atoms with E-state index < -0.39 is 6.10 Å². The number of rotatable bonds is 57. The maximum atomic E-state index is 12.8. The van der Waals surface area contributed by atoms with Crippen LogP contribution in [0.5, 0.6) is 0 Å². The van der Waals surface area contributed by atoms with Crippen molar-refractivity contribution in [2.75, 3.05) is 13.2 Å². The molecule has 0 rings (SSSR count). The van der Waals surface area contributed by atoms with Gasteiger partial charge in [-0.25, -0.2) is 0 Å². The van der Waals surface area contributed by atoms with E-state index in [4.69, 9.17) is 14.2 Å². The van der Waals surface area contributed by atoms with Crippen molar-refractivity contribution in [3.63, 3.8) is 0 Å². The summed E-state index contributed by atoms with van der Waals surface area (Å²) in [4.78, 5) is 38.0. The lowest BCUT2D eigenvalue weighted by Crippen LogP contribution is -2.30. The second-order valence-corrected chi connectivity index (χ2v) is 20.9. The molecule has 0 radical (unpaired) electrons. The van der Waals surface area contributed by atoms with Crippen molar-refractivity contribution >= 4 is 17.9 Å². The molecule has 0 aromatic rings. The van der Waals surface area contributed by atoms with Crippen LogP contribution in [0.4, 0.5) is 0 Å². The van der Waals surface area contributed by atoms with E-state index in [0.29, 0.717) is 19.3 Å². The molecule has 0 saturated carbocycles.